The number of carbonyl (C=O) groups is 2. The maximum atomic E-state index is 12.3. The summed E-state index contributed by atoms with van der Waals surface area (Å²) < 4.78 is 0. The lowest BCUT2D eigenvalue weighted by atomic mass is 9.97. The molecular weight excluding hydrogens is 276 g/mol. The fraction of sp³-hybridized carbons (Fsp3) is 0.692. The Morgan fingerprint density at radius 1 is 1.35 bits per heavy atom. The van der Waals surface area contributed by atoms with Gasteiger partial charge < -0.3 is 5.32 Å². The topological polar surface area (TPSA) is 84.0 Å². The van der Waals surface area contributed by atoms with E-state index in [1.54, 1.807) is 0 Å². The van der Waals surface area contributed by atoms with Crippen LogP contribution in [-0.4, -0.2) is 28.1 Å². The van der Waals surface area contributed by atoms with Crippen LogP contribution in [-0.2, 0) is 16.0 Å². The van der Waals surface area contributed by atoms with Gasteiger partial charge in [0.15, 0.2) is 0 Å². The minimum atomic E-state index is -0.469. The highest BCUT2D eigenvalue weighted by Crippen LogP contribution is 2.28. The van der Waals surface area contributed by atoms with E-state index in [4.69, 9.17) is 0 Å². The van der Waals surface area contributed by atoms with Crippen molar-refractivity contribution in [3.05, 3.63) is 5.01 Å². The van der Waals surface area contributed by atoms with E-state index in [2.05, 4.69) is 20.8 Å². The lowest BCUT2D eigenvalue weighted by Gasteiger charge is -2.22. The number of carbonyl (C=O) groups excluding carboxylic acids is 2. The number of aryl methyl sites for hydroxylation is 1. The van der Waals surface area contributed by atoms with Gasteiger partial charge in [-0.15, -0.1) is 10.2 Å². The monoisotopic (exact) mass is 296 g/mol. The van der Waals surface area contributed by atoms with Crippen LogP contribution in [0.15, 0.2) is 0 Å². The van der Waals surface area contributed by atoms with E-state index < -0.39 is 6.04 Å². The van der Waals surface area contributed by atoms with Crippen molar-refractivity contribution >= 4 is 28.3 Å². The second-order valence-corrected chi connectivity index (χ2v) is 6.13. The fourth-order valence-electron chi connectivity index (χ4n) is 2.54. The molecule has 2 N–H and O–H groups in total. The highest BCUT2D eigenvalue weighted by atomic mass is 32.1. The first-order valence-corrected chi connectivity index (χ1v) is 7.82. The van der Waals surface area contributed by atoms with Crippen LogP contribution in [0.2, 0.25) is 0 Å². The van der Waals surface area contributed by atoms with Crippen LogP contribution >= 0.6 is 11.3 Å². The smallest absolute Gasteiger partial charge is 0.249 e. The number of anilines is 1. The number of rotatable bonds is 5. The summed E-state index contributed by atoms with van der Waals surface area (Å²) in [5.74, 6) is -0.146. The average Bonchev–Trinajstić information content (AvgIpc) is 3.06. The number of nitrogens with one attached hydrogen (secondary N) is 2. The van der Waals surface area contributed by atoms with Crippen molar-refractivity contribution in [1.29, 1.82) is 0 Å². The van der Waals surface area contributed by atoms with Crippen LogP contribution in [0.25, 0.3) is 0 Å². The Morgan fingerprint density at radius 3 is 2.60 bits per heavy atom. The Bertz CT molecular complexity index is 482. The summed E-state index contributed by atoms with van der Waals surface area (Å²) in [5, 5.41) is 14.8. The Hall–Kier alpha value is -1.50. The molecule has 0 radical (unpaired) electrons. The zero-order valence-electron chi connectivity index (χ0n) is 11.8. The number of amides is 2. The van der Waals surface area contributed by atoms with E-state index in [-0.39, 0.29) is 17.7 Å². The molecule has 110 valence electrons. The van der Waals surface area contributed by atoms with Crippen molar-refractivity contribution in [1.82, 2.24) is 15.5 Å². The van der Waals surface area contributed by atoms with Crippen LogP contribution < -0.4 is 10.6 Å². The maximum absolute atomic E-state index is 12.3. The zero-order chi connectivity index (χ0) is 14.5. The van der Waals surface area contributed by atoms with Gasteiger partial charge in [0.1, 0.15) is 11.0 Å². The van der Waals surface area contributed by atoms with Gasteiger partial charge in [0, 0.05) is 6.92 Å². The summed E-state index contributed by atoms with van der Waals surface area (Å²) in [6, 6.07) is -0.469. The molecule has 1 fully saturated rings. The van der Waals surface area contributed by atoms with Gasteiger partial charge in [-0.3, -0.25) is 14.9 Å². The number of nitrogens with zero attached hydrogens (tertiary/aromatic N) is 2. The molecule has 1 aliphatic carbocycles. The van der Waals surface area contributed by atoms with Crippen molar-refractivity contribution in [3.8, 4) is 0 Å². The van der Waals surface area contributed by atoms with E-state index in [9.17, 15) is 9.59 Å². The van der Waals surface area contributed by atoms with Crippen molar-refractivity contribution in [2.24, 2.45) is 5.92 Å². The lowest BCUT2D eigenvalue weighted by molar-refractivity contribution is -0.126. The Morgan fingerprint density at radius 2 is 2.05 bits per heavy atom. The summed E-state index contributed by atoms with van der Waals surface area (Å²) in [7, 11) is 0. The molecule has 20 heavy (non-hydrogen) atoms. The van der Waals surface area contributed by atoms with Gasteiger partial charge >= 0.3 is 0 Å². The number of aromatic nitrogens is 2. The molecule has 1 aromatic heterocycles. The fourth-order valence-corrected chi connectivity index (χ4v) is 3.22. The average molecular weight is 296 g/mol. The van der Waals surface area contributed by atoms with Gasteiger partial charge in [-0.05, 0) is 25.2 Å². The molecular formula is C13H20N4O2S. The quantitative estimate of drug-likeness (QED) is 0.866. The maximum Gasteiger partial charge on any atom is 0.249 e. The van der Waals surface area contributed by atoms with Crippen LogP contribution in [0, 0.1) is 5.92 Å². The highest BCUT2D eigenvalue weighted by molar-refractivity contribution is 7.15. The SMILES string of the molecule is CCc1nnc(NC(=O)[C@@H](NC(C)=O)C2CCCC2)s1. The molecule has 1 atom stereocenters. The van der Waals surface area contributed by atoms with Gasteiger partial charge in [0.2, 0.25) is 16.9 Å². The number of hydrogen-bond donors (Lipinski definition) is 2. The van der Waals surface area contributed by atoms with E-state index in [0.717, 1.165) is 37.1 Å². The Balaban J connectivity index is 2.03. The second-order valence-electron chi connectivity index (χ2n) is 5.07. The zero-order valence-corrected chi connectivity index (χ0v) is 12.6. The Kier molecular flexibility index (Phi) is 5.05. The van der Waals surface area contributed by atoms with Crippen molar-refractivity contribution in [2.45, 2.75) is 52.0 Å². The normalized spacial score (nSPS) is 16.9. The molecule has 0 aromatic carbocycles. The van der Waals surface area contributed by atoms with E-state index in [0.29, 0.717) is 5.13 Å². The first kappa shape index (κ1) is 14.9. The van der Waals surface area contributed by atoms with Crippen LogP contribution in [0.5, 0.6) is 0 Å². The van der Waals surface area contributed by atoms with Crippen molar-refractivity contribution < 1.29 is 9.59 Å². The third kappa shape index (κ3) is 3.75. The molecule has 2 amide bonds. The molecule has 1 aliphatic rings. The second kappa shape index (κ2) is 6.78. The molecule has 0 aliphatic heterocycles. The predicted octanol–water partition coefficient (Wildman–Crippen LogP) is 1.73. The molecule has 0 saturated heterocycles. The van der Waals surface area contributed by atoms with E-state index >= 15 is 0 Å². The summed E-state index contributed by atoms with van der Waals surface area (Å²) in [5.41, 5.74) is 0. The van der Waals surface area contributed by atoms with E-state index in [1.165, 1.54) is 18.3 Å². The first-order chi connectivity index (χ1) is 9.60. The summed E-state index contributed by atoms with van der Waals surface area (Å²) in [4.78, 5) is 23.6. The third-order valence-corrected chi connectivity index (χ3v) is 4.49. The summed E-state index contributed by atoms with van der Waals surface area (Å²) in [6.07, 6.45) is 4.99. The standard InChI is InChI=1S/C13H20N4O2S/c1-3-10-16-17-13(20-10)15-12(19)11(14-8(2)18)9-6-4-5-7-9/h9,11H,3-7H2,1-2H3,(H,14,18)(H,15,17,19)/t11-/m0/s1. The van der Waals surface area contributed by atoms with Gasteiger partial charge in [-0.1, -0.05) is 31.1 Å². The number of hydrogen-bond acceptors (Lipinski definition) is 5. The van der Waals surface area contributed by atoms with Crippen LogP contribution in [0.4, 0.5) is 5.13 Å². The molecule has 2 rings (SSSR count). The molecule has 7 heteroatoms. The van der Waals surface area contributed by atoms with Crippen LogP contribution in [0.1, 0.15) is 44.5 Å². The van der Waals surface area contributed by atoms with Crippen molar-refractivity contribution in [2.75, 3.05) is 5.32 Å². The largest absolute Gasteiger partial charge is 0.344 e. The molecule has 6 nitrogen and oxygen atoms in total. The van der Waals surface area contributed by atoms with Crippen LogP contribution in [0.3, 0.4) is 0 Å². The molecule has 0 unspecified atom stereocenters. The van der Waals surface area contributed by atoms with Gasteiger partial charge in [-0.25, -0.2) is 0 Å². The molecule has 1 saturated carbocycles. The minimum Gasteiger partial charge on any atom is -0.344 e. The summed E-state index contributed by atoms with van der Waals surface area (Å²) >= 11 is 1.37. The molecule has 1 heterocycles. The minimum absolute atomic E-state index is 0.177. The lowest BCUT2D eigenvalue weighted by Crippen LogP contribution is -2.47. The van der Waals surface area contributed by atoms with Crippen molar-refractivity contribution in [3.63, 3.8) is 0 Å². The molecule has 1 aromatic rings. The van der Waals surface area contributed by atoms with Gasteiger partial charge in [0.05, 0.1) is 0 Å². The Labute approximate surface area is 122 Å². The highest BCUT2D eigenvalue weighted by Gasteiger charge is 2.31. The summed E-state index contributed by atoms with van der Waals surface area (Å²) in [6.45, 7) is 3.43. The predicted molar refractivity (Wildman–Crippen MR) is 77.5 cm³/mol. The van der Waals surface area contributed by atoms with Gasteiger partial charge in [-0.2, -0.15) is 0 Å². The molecule has 0 bridgehead atoms. The van der Waals surface area contributed by atoms with E-state index in [1.807, 2.05) is 6.92 Å². The third-order valence-electron chi connectivity index (χ3n) is 3.51. The van der Waals surface area contributed by atoms with Gasteiger partial charge in [0.25, 0.3) is 0 Å². The first-order valence-electron chi connectivity index (χ1n) is 7.00. The molecule has 0 spiro atoms.